The third-order valence-electron chi connectivity index (χ3n) is 3.94. The summed E-state index contributed by atoms with van der Waals surface area (Å²) in [5.41, 5.74) is 0.260. The molecule has 0 aliphatic heterocycles. The molecule has 134 valence electrons. The molecule has 1 aromatic rings. The van der Waals surface area contributed by atoms with Gasteiger partial charge in [0.15, 0.2) is 5.41 Å². The van der Waals surface area contributed by atoms with Crippen LogP contribution in [0.5, 0.6) is 0 Å². The number of aliphatic hydroxyl groups is 1. The zero-order chi connectivity index (χ0) is 18.2. The second-order valence-electron chi connectivity index (χ2n) is 6.00. The van der Waals surface area contributed by atoms with Gasteiger partial charge in [-0.1, -0.05) is 37.6 Å². The van der Waals surface area contributed by atoms with E-state index in [-0.39, 0.29) is 19.6 Å². The fourth-order valence-electron chi connectivity index (χ4n) is 2.51. The highest BCUT2D eigenvalue weighted by Gasteiger charge is 2.44. The molecule has 0 spiro atoms. The predicted octanol–water partition coefficient (Wildman–Crippen LogP) is 3.20. The van der Waals surface area contributed by atoms with Gasteiger partial charge in [-0.2, -0.15) is 0 Å². The van der Waals surface area contributed by atoms with E-state index in [0.717, 1.165) is 17.5 Å². The third kappa shape index (κ3) is 5.06. The molecule has 0 saturated heterocycles. The maximum atomic E-state index is 12.3. The van der Waals surface area contributed by atoms with Gasteiger partial charge < -0.3 is 14.6 Å². The van der Waals surface area contributed by atoms with Gasteiger partial charge in [-0.05, 0) is 44.7 Å². The van der Waals surface area contributed by atoms with Crippen molar-refractivity contribution in [2.24, 2.45) is 5.41 Å². The Labute approximate surface area is 144 Å². The highest BCUT2D eigenvalue weighted by Crippen LogP contribution is 2.28. The lowest BCUT2D eigenvalue weighted by atomic mass is 9.83. The third-order valence-corrected chi connectivity index (χ3v) is 3.94. The van der Waals surface area contributed by atoms with E-state index in [4.69, 9.17) is 9.47 Å². The standard InChI is InChI=1S/C19H28O5/c1-5-8-16(20)15-11-9-14(10-12-15)13-19(4,17(21)23-6-2)18(22)24-7-3/h9-12,16,20H,5-8,13H2,1-4H3. The van der Waals surface area contributed by atoms with Gasteiger partial charge in [0, 0.05) is 0 Å². The first-order chi connectivity index (χ1) is 11.4. The van der Waals surface area contributed by atoms with Gasteiger partial charge in [-0.3, -0.25) is 9.59 Å². The maximum Gasteiger partial charge on any atom is 0.323 e. The Morgan fingerprint density at radius 1 is 1.04 bits per heavy atom. The Bertz CT molecular complexity index is 517. The summed E-state index contributed by atoms with van der Waals surface area (Å²) in [5, 5.41) is 10.0. The Hall–Kier alpha value is -1.88. The summed E-state index contributed by atoms with van der Waals surface area (Å²) < 4.78 is 10.1. The molecule has 1 rings (SSSR count). The summed E-state index contributed by atoms with van der Waals surface area (Å²) in [6.45, 7) is 7.37. The van der Waals surface area contributed by atoms with Gasteiger partial charge in [0.05, 0.1) is 19.3 Å². The molecule has 1 N–H and O–H groups in total. The molecule has 0 amide bonds. The molecule has 5 heteroatoms. The summed E-state index contributed by atoms with van der Waals surface area (Å²) in [6, 6.07) is 7.30. The molecule has 0 aliphatic rings. The Morgan fingerprint density at radius 3 is 1.96 bits per heavy atom. The number of hydrogen-bond acceptors (Lipinski definition) is 5. The summed E-state index contributed by atoms with van der Waals surface area (Å²) in [5.74, 6) is -1.17. The van der Waals surface area contributed by atoms with E-state index in [9.17, 15) is 14.7 Å². The number of carbonyl (C=O) groups is 2. The largest absolute Gasteiger partial charge is 0.465 e. The van der Waals surface area contributed by atoms with Crippen LogP contribution in [0.4, 0.5) is 0 Å². The van der Waals surface area contributed by atoms with Crippen LogP contribution in [0.1, 0.15) is 57.8 Å². The van der Waals surface area contributed by atoms with Gasteiger partial charge in [0.2, 0.25) is 0 Å². The normalized spacial score (nSPS) is 12.5. The second kappa shape index (κ2) is 9.42. The fourth-order valence-corrected chi connectivity index (χ4v) is 2.51. The Kier molecular flexibility index (Phi) is 7.92. The molecule has 5 nitrogen and oxygen atoms in total. The van der Waals surface area contributed by atoms with Crippen molar-refractivity contribution in [1.29, 1.82) is 0 Å². The molecule has 1 atom stereocenters. The summed E-state index contributed by atoms with van der Waals surface area (Å²) in [4.78, 5) is 24.6. The van der Waals surface area contributed by atoms with Crippen LogP contribution < -0.4 is 0 Å². The van der Waals surface area contributed by atoms with Crippen LogP contribution in [-0.2, 0) is 25.5 Å². The predicted molar refractivity (Wildman–Crippen MR) is 91.4 cm³/mol. The fraction of sp³-hybridized carbons (Fsp3) is 0.579. The summed E-state index contributed by atoms with van der Waals surface area (Å²) in [6.07, 6.45) is 1.29. The minimum Gasteiger partial charge on any atom is -0.465 e. The molecule has 0 aromatic heterocycles. The van der Waals surface area contributed by atoms with Crippen molar-refractivity contribution in [1.82, 2.24) is 0 Å². The molecule has 24 heavy (non-hydrogen) atoms. The molecule has 0 fully saturated rings. The van der Waals surface area contributed by atoms with E-state index in [2.05, 4.69) is 0 Å². The molecule has 0 radical (unpaired) electrons. The number of esters is 2. The van der Waals surface area contributed by atoms with Crippen LogP contribution in [0.25, 0.3) is 0 Å². The lowest BCUT2D eigenvalue weighted by Gasteiger charge is -2.25. The summed E-state index contributed by atoms with van der Waals surface area (Å²) in [7, 11) is 0. The Morgan fingerprint density at radius 2 is 1.54 bits per heavy atom. The molecular weight excluding hydrogens is 308 g/mol. The minimum atomic E-state index is -1.38. The zero-order valence-corrected chi connectivity index (χ0v) is 15.0. The van der Waals surface area contributed by atoms with Crippen LogP contribution in [-0.4, -0.2) is 30.3 Å². The van der Waals surface area contributed by atoms with Crippen molar-refractivity contribution in [2.75, 3.05) is 13.2 Å². The quantitative estimate of drug-likeness (QED) is 0.554. The van der Waals surface area contributed by atoms with Crippen LogP contribution in [0.15, 0.2) is 24.3 Å². The van der Waals surface area contributed by atoms with Gasteiger partial charge in [-0.15, -0.1) is 0 Å². The van der Waals surface area contributed by atoms with Crippen molar-refractivity contribution in [3.8, 4) is 0 Å². The maximum absolute atomic E-state index is 12.3. The van der Waals surface area contributed by atoms with Crippen molar-refractivity contribution < 1.29 is 24.2 Å². The van der Waals surface area contributed by atoms with E-state index in [1.165, 1.54) is 0 Å². The smallest absolute Gasteiger partial charge is 0.323 e. The van der Waals surface area contributed by atoms with Gasteiger partial charge in [0.25, 0.3) is 0 Å². The van der Waals surface area contributed by atoms with E-state index in [1.807, 2.05) is 31.2 Å². The van der Waals surface area contributed by atoms with Crippen molar-refractivity contribution in [3.05, 3.63) is 35.4 Å². The van der Waals surface area contributed by atoms with Gasteiger partial charge >= 0.3 is 11.9 Å². The van der Waals surface area contributed by atoms with Gasteiger partial charge in [0.1, 0.15) is 0 Å². The Balaban J connectivity index is 2.98. The molecule has 0 bridgehead atoms. The highest BCUT2D eigenvalue weighted by atomic mass is 16.6. The first-order valence-electron chi connectivity index (χ1n) is 8.50. The zero-order valence-electron chi connectivity index (χ0n) is 15.0. The number of benzene rings is 1. The average Bonchev–Trinajstić information content (AvgIpc) is 2.56. The van der Waals surface area contributed by atoms with Crippen molar-refractivity contribution in [3.63, 3.8) is 0 Å². The monoisotopic (exact) mass is 336 g/mol. The molecule has 1 aromatic carbocycles. The lowest BCUT2D eigenvalue weighted by Crippen LogP contribution is -2.41. The number of carbonyl (C=O) groups excluding carboxylic acids is 2. The minimum absolute atomic E-state index is 0.189. The SMILES string of the molecule is CCCC(O)c1ccc(CC(C)(C(=O)OCC)C(=O)OCC)cc1. The number of hydrogen-bond donors (Lipinski definition) is 1. The summed E-state index contributed by atoms with van der Waals surface area (Å²) >= 11 is 0. The van der Waals surface area contributed by atoms with Crippen molar-refractivity contribution >= 4 is 11.9 Å². The van der Waals surface area contributed by atoms with Crippen molar-refractivity contribution in [2.45, 2.75) is 53.1 Å². The van der Waals surface area contributed by atoms with E-state index >= 15 is 0 Å². The van der Waals surface area contributed by atoms with Crippen LogP contribution >= 0.6 is 0 Å². The average molecular weight is 336 g/mol. The number of rotatable bonds is 9. The van der Waals surface area contributed by atoms with Crippen LogP contribution in [0.2, 0.25) is 0 Å². The first kappa shape index (κ1) is 20.2. The second-order valence-corrected chi connectivity index (χ2v) is 6.00. The molecule has 0 saturated carbocycles. The lowest BCUT2D eigenvalue weighted by molar-refractivity contribution is -0.170. The van der Waals surface area contributed by atoms with Gasteiger partial charge in [-0.25, -0.2) is 0 Å². The van der Waals surface area contributed by atoms with Crippen LogP contribution in [0.3, 0.4) is 0 Å². The number of ether oxygens (including phenoxy) is 2. The molecule has 0 heterocycles. The highest BCUT2D eigenvalue weighted by molar-refractivity contribution is 5.99. The van der Waals surface area contributed by atoms with E-state index in [0.29, 0.717) is 6.42 Å². The van der Waals surface area contributed by atoms with E-state index in [1.54, 1.807) is 20.8 Å². The molecular formula is C19H28O5. The topological polar surface area (TPSA) is 72.8 Å². The first-order valence-corrected chi connectivity index (χ1v) is 8.50. The number of aliphatic hydroxyl groups excluding tert-OH is 1. The van der Waals surface area contributed by atoms with Crippen LogP contribution in [0, 0.1) is 5.41 Å². The molecule has 1 unspecified atom stereocenters. The molecule has 0 aliphatic carbocycles. The van der Waals surface area contributed by atoms with E-state index < -0.39 is 23.5 Å².